The highest BCUT2D eigenvalue weighted by molar-refractivity contribution is 5.96. The molecule has 2 aromatic rings. The van der Waals surface area contributed by atoms with Crippen LogP contribution in [0.3, 0.4) is 0 Å². The average molecular weight is 284 g/mol. The predicted molar refractivity (Wildman–Crippen MR) is 83.2 cm³/mol. The minimum atomic E-state index is 0.0537. The molecule has 0 saturated heterocycles. The molecule has 2 N–H and O–H groups in total. The van der Waals surface area contributed by atoms with Crippen molar-refractivity contribution in [1.29, 1.82) is 0 Å². The van der Waals surface area contributed by atoms with Crippen molar-refractivity contribution in [3.8, 4) is 0 Å². The Bertz CT molecular complexity index is 704. The molecule has 1 amide bonds. The van der Waals surface area contributed by atoms with Gasteiger partial charge in [0, 0.05) is 11.7 Å². The van der Waals surface area contributed by atoms with Crippen LogP contribution < -0.4 is 10.6 Å². The SMILES string of the molecule is Cc1nn(CC(=O)N2c3ccccc3CC2C)c(C)c1N. The van der Waals surface area contributed by atoms with Crippen LogP contribution in [-0.4, -0.2) is 21.7 Å². The summed E-state index contributed by atoms with van der Waals surface area (Å²) >= 11 is 0. The third-order valence-electron chi connectivity index (χ3n) is 4.20. The molecule has 3 rings (SSSR count). The van der Waals surface area contributed by atoms with Crippen LogP contribution in [0.15, 0.2) is 24.3 Å². The van der Waals surface area contributed by atoms with Gasteiger partial charge in [0.25, 0.3) is 0 Å². The van der Waals surface area contributed by atoms with E-state index in [1.807, 2.05) is 36.9 Å². The number of carbonyl (C=O) groups excluding carboxylic acids is 1. The van der Waals surface area contributed by atoms with Gasteiger partial charge < -0.3 is 10.6 Å². The molecule has 0 spiro atoms. The molecule has 1 aromatic carbocycles. The third-order valence-corrected chi connectivity index (χ3v) is 4.20. The number of aryl methyl sites for hydroxylation is 1. The van der Waals surface area contributed by atoms with Crippen LogP contribution in [0.4, 0.5) is 11.4 Å². The molecule has 0 saturated carbocycles. The molecule has 1 aromatic heterocycles. The summed E-state index contributed by atoms with van der Waals surface area (Å²) < 4.78 is 1.70. The van der Waals surface area contributed by atoms with Crippen molar-refractivity contribution < 1.29 is 4.79 Å². The lowest BCUT2D eigenvalue weighted by Crippen LogP contribution is -2.38. The maximum Gasteiger partial charge on any atom is 0.248 e. The number of carbonyl (C=O) groups is 1. The molecule has 1 atom stereocenters. The van der Waals surface area contributed by atoms with Gasteiger partial charge in [-0.1, -0.05) is 18.2 Å². The van der Waals surface area contributed by atoms with Crippen molar-refractivity contribution in [2.75, 3.05) is 10.6 Å². The Morgan fingerprint density at radius 3 is 2.76 bits per heavy atom. The standard InChI is InChI=1S/C16H20N4O/c1-10-8-13-6-4-5-7-14(13)20(10)15(21)9-19-12(3)16(17)11(2)18-19/h4-7,10H,8-9,17H2,1-3H3. The summed E-state index contributed by atoms with van der Waals surface area (Å²) in [4.78, 5) is 14.6. The number of para-hydroxylation sites is 1. The smallest absolute Gasteiger partial charge is 0.248 e. The van der Waals surface area contributed by atoms with E-state index in [0.29, 0.717) is 5.69 Å². The molecule has 0 bridgehead atoms. The number of anilines is 2. The van der Waals surface area contributed by atoms with Gasteiger partial charge in [0.05, 0.1) is 17.1 Å². The van der Waals surface area contributed by atoms with Crippen molar-refractivity contribution >= 4 is 17.3 Å². The monoisotopic (exact) mass is 284 g/mol. The summed E-state index contributed by atoms with van der Waals surface area (Å²) in [6.45, 7) is 6.05. The molecule has 1 aliphatic rings. The number of aromatic nitrogens is 2. The zero-order chi connectivity index (χ0) is 15.1. The summed E-state index contributed by atoms with van der Waals surface area (Å²) in [7, 11) is 0. The normalized spacial score (nSPS) is 17.1. The van der Waals surface area contributed by atoms with Gasteiger partial charge in [-0.3, -0.25) is 9.48 Å². The fourth-order valence-corrected chi connectivity index (χ4v) is 3.01. The summed E-state index contributed by atoms with van der Waals surface area (Å²) in [5.74, 6) is 0.0537. The first kappa shape index (κ1) is 13.7. The number of nitrogens with zero attached hydrogens (tertiary/aromatic N) is 3. The second-order valence-corrected chi connectivity index (χ2v) is 5.69. The summed E-state index contributed by atoms with van der Waals surface area (Å²) in [6.07, 6.45) is 0.904. The van der Waals surface area contributed by atoms with Gasteiger partial charge in [-0.05, 0) is 38.8 Å². The van der Waals surface area contributed by atoms with E-state index in [0.717, 1.165) is 23.5 Å². The summed E-state index contributed by atoms with van der Waals surface area (Å²) in [5.41, 5.74) is 10.5. The fourth-order valence-electron chi connectivity index (χ4n) is 3.01. The molecule has 5 heteroatoms. The van der Waals surface area contributed by atoms with Gasteiger partial charge in [0.2, 0.25) is 5.91 Å². The number of hydrogen-bond donors (Lipinski definition) is 1. The zero-order valence-electron chi connectivity index (χ0n) is 12.6. The lowest BCUT2D eigenvalue weighted by atomic mass is 10.1. The van der Waals surface area contributed by atoms with E-state index < -0.39 is 0 Å². The molecule has 21 heavy (non-hydrogen) atoms. The second-order valence-electron chi connectivity index (χ2n) is 5.69. The van der Waals surface area contributed by atoms with Gasteiger partial charge in [-0.2, -0.15) is 5.10 Å². The zero-order valence-corrected chi connectivity index (χ0v) is 12.6. The predicted octanol–water partition coefficient (Wildman–Crippen LogP) is 2.06. The second kappa shape index (κ2) is 4.91. The number of benzene rings is 1. The van der Waals surface area contributed by atoms with Gasteiger partial charge in [0.15, 0.2) is 0 Å². The highest BCUT2D eigenvalue weighted by Crippen LogP contribution is 2.32. The molecule has 0 radical (unpaired) electrons. The maximum atomic E-state index is 12.7. The van der Waals surface area contributed by atoms with Gasteiger partial charge >= 0.3 is 0 Å². The molecule has 0 fully saturated rings. The molecule has 1 aliphatic heterocycles. The van der Waals surface area contributed by atoms with E-state index in [-0.39, 0.29) is 18.5 Å². The van der Waals surface area contributed by atoms with Gasteiger partial charge in [0.1, 0.15) is 6.54 Å². The lowest BCUT2D eigenvalue weighted by molar-refractivity contribution is -0.119. The number of nitrogens with two attached hydrogens (primary N) is 1. The number of amides is 1. The highest BCUT2D eigenvalue weighted by Gasteiger charge is 2.30. The van der Waals surface area contributed by atoms with Crippen molar-refractivity contribution in [3.05, 3.63) is 41.2 Å². The Labute approximate surface area is 124 Å². The first-order valence-electron chi connectivity index (χ1n) is 7.18. The van der Waals surface area contributed by atoms with E-state index in [1.54, 1.807) is 4.68 Å². The molecule has 110 valence electrons. The van der Waals surface area contributed by atoms with Gasteiger partial charge in [-0.15, -0.1) is 0 Å². The molecule has 0 aliphatic carbocycles. The summed E-state index contributed by atoms with van der Waals surface area (Å²) in [6, 6.07) is 8.26. The molecule has 1 unspecified atom stereocenters. The maximum absolute atomic E-state index is 12.7. The largest absolute Gasteiger partial charge is 0.396 e. The Kier molecular flexibility index (Phi) is 3.20. The molecule has 2 heterocycles. The van der Waals surface area contributed by atoms with Crippen molar-refractivity contribution in [2.45, 2.75) is 39.8 Å². The molecular weight excluding hydrogens is 264 g/mol. The number of nitrogen functional groups attached to an aromatic ring is 1. The van der Waals surface area contributed by atoms with Crippen LogP contribution in [0.25, 0.3) is 0 Å². The van der Waals surface area contributed by atoms with E-state index in [1.165, 1.54) is 5.56 Å². The van der Waals surface area contributed by atoms with Crippen molar-refractivity contribution in [3.63, 3.8) is 0 Å². The lowest BCUT2D eigenvalue weighted by Gasteiger charge is -2.23. The van der Waals surface area contributed by atoms with Crippen LogP contribution in [0.2, 0.25) is 0 Å². The summed E-state index contributed by atoms with van der Waals surface area (Å²) in [5, 5.41) is 4.35. The van der Waals surface area contributed by atoms with Crippen LogP contribution in [0, 0.1) is 13.8 Å². The van der Waals surface area contributed by atoms with E-state index in [9.17, 15) is 4.79 Å². The molecular formula is C16H20N4O. The van der Waals surface area contributed by atoms with E-state index >= 15 is 0 Å². The Morgan fingerprint density at radius 2 is 2.10 bits per heavy atom. The first-order chi connectivity index (χ1) is 9.99. The minimum Gasteiger partial charge on any atom is -0.396 e. The average Bonchev–Trinajstić information content (AvgIpc) is 2.90. The fraction of sp³-hybridized carbons (Fsp3) is 0.375. The van der Waals surface area contributed by atoms with E-state index in [4.69, 9.17) is 5.73 Å². The minimum absolute atomic E-state index is 0.0537. The third kappa shape index (κ3) is 2.18. The number of fused-ring (bicyclic) bond motifs is 1. The Hall–Kier alpha value is -2.30. The first-order valence-corrected chi connectivity index (χ1v) is 7.18. The van der Waals surface area contributed by atoms with Crippen LogP contribution >= 0.6 is 0 Å². The van der Waals surface area contributed by atoms with Crippen LogP contribution in [0.5, 0.6) is 0 Å². The number of hydrogen-bond acceptors (Lipinski definition) is 3. The van der Waals surface area contributed by atoms with Crippen molar-refractivity contribution in [1.82, 2.24) is 9.78 Å². The highest BCUT2D eigenvalue weighted by atomic mass is 16.2. The Morgan fingerprint density at radius 1 is 1.38 bits per heavy atom. The quantitative estimate of drug-likeness (QED) is 0.918. The van der Waals surface area contributed by atoms with Gasteiger partial charge in [-0.25, -0.2) is 0 Å². The van der Waals surface area contributed by atoms with E-state index in [2.05, 4.69) is 18.1 Å². The topological polar surface area (TPSA) is 64.2 Å². The number of rotatable bonds is 2. The Balaban J connectivity index is 1.87. The molecule has 5 nitrogen and oxygen atoms in total. The van der Waals surface area contributed by atoms with Crippen LogP contribution in [-0.2, 0) is 17.8 Å². The van der Waals surface area contributed by atoms with Crippen molar-refractivity contribution in [2.24, 2.45) is 0 Å². The van der Waals surface area contributed by atoms with Crippen LogP contribution in [0.1, 0.15) is 23.9 Å².